The van der Waals surface area contributed by atoms with Crippen LogP contribution in [0.2, 0.25) is 0 Å². The lowest BCUT2D eigenvalue weighted by atomic mass is 10.1. The van der Waals surface area contributed by atoms with Gasteiger partial charge in [0.15, 0.2) is 16.9 Å². The first-order chi connectivity index (χ1) is 19.6. The topological polar surface area (TPSA) is 112 Å². The molecule has 1 unspecified atom stereocenters. The van der Waals surface area contributed by atoms with E-state index in [0.717, 1.165) is 30.5 Å². The van der Waals surface area contributed by atoms with Crippen LogP contribution in [0.5, 0.6) is 0 Å². The SMILES string of the molecule is NC1CCCN(c2nc3nc(CCc4ccccc4)n(CC(=O)c4ccco4)c(=O)c3n2Cc2ccccc2)C1. The van der Waals surface area contributed by atoms with Gasteiger partial charge in [0.1, 0.15) is 5.82 Å². The van der Waals surface area contributed by atoms with Crippen molar-refractivity contribution in [2.75, 3.05) is 18.0 Å². The van der Waals surface area contributed by atoms with Crippen LogP contribution in [0.1, 0.15) is 40.3 Å². The fourth-order valence-electron chi connectivity index (χ4n) is 5.41. The van der Waals surface area contributed by atoms with Crippen molar-refractivity contribution in [3.63, 3.8) is 0 Å². The van der Waals surface area contributed by atoms with Gasteiger partial charge in [-0.15, -0.1) is 0 Å². The number of furan rings is 1. The molecule has 204 valence electrons. The van der Waals surface area contributed by atoms with Gasteiger partial charge in [0, 0.05) is 25.6 Å². The van der Waals surface area contributed by atoms with Crippen molar-refractivity contribution in [1.29, 1.82) is 0 Å². The number of ketones is 1. The van der Waals surface area contributed by atoms with Gasteiger partial charge in [-0.25, -0.2) is 4.98 Å². The number of hydrogen-bond donors (Lipinski definition) is 1. The number of benzene rings is 2. The summed E-state index contributed by atoms with van der Waals surface area (Å²) in [5.41, 5.74) is 8.97. The molecular weight excluding hydrogens is 504 g/mol. The molecule has 1 aliphatic heterocycles. The molecule has 0 saturated carbocycles. The van der Waals surface area contributed by atoms with Crippen LogP contribution in [0, 0.1) is 0 Å². The zero-order valence-corrected chi connectivity index (χ0v) is 22.3. The van der Waals surface area contributed by atoms with E-state index in [1.807, 2.05) is 65.2 Å². The molecule has 0 radical (unpaired) electrons. The van der Waals surface area contributed by atoms with Crippen molar-refractivity contribution in [3.05, 3.63) is 112 Å². The summed E-state index contributed by atoms with van der Waals surface area (Å²) in [4.78, 5) is 39.4. The first kappa shape index (κ1) is 25.8. The molecule has 9 heteroatoms. The third-order valence-corrected chi connectivity index (χ3v) is 7.43. The highest BCUT2D eigenvalue weighted by molar-refractivity contribution is 5.93. The molecule has 3 aromatic heterocycles. The van der Waals surface area contributed by atoms with Crippen molar-refractivity contribution in [2.24, 2.45) is 5.73 Å². The summed E-state index contributed by atoms with van der Waals surface area (Å²) in [6, 6.07) is 23.3. The number of imidazole rings is 1. The Morgan fingerprint density at radius 1 is 0.925 bits per heavy atom. The summed E-state index contributed by atoms with van der Waals surface area (Å²) in [7, 11) is 0. The number of nitrogens with zero attached hydrogens (tertiary/aromatic N) is 5. The number of aryl methyl sites for hydroxylation is 2. The van der Waals surface area contributed by atoms with Crippen LogP contribution in [0.4, 0.5) is 5.95 Å². The Kier molecular flexibility index (Phi) is 7.29. The average molecular weight is 537 g/mol. The maximum Gasteiger partial charge on any atom is 0.280 e. The van der Waals surface area contributed by atoms with Crippen LogP contribution in [-0.2, 0) is 25.9 Å². The molecule has 40 heavy (non-hydrogen) atoms. The number of anilines is 1. The summed E-state index contributed by atoms with van der Waals surface area (Å²) in [6.45, 7) is 1.74. The molecule has 6 rings (SSSR count). The maximum absolute atomic E-state index is 14.3. The number of carbonyl (C=O) groups is 1. The molecule has 2 aromatic carbocycles. The van der Waals surface area contributed by atoms with Crippen molar-refractivity contribution < 1.29 is 9.21 Å². The number of rotatable bonds is 9. The Morgan fingerprint density at radius 3 is 2.38 bits per heavy atom. The van der Waals surface area contributed by atoms with Gasteiger partial charge in [0.2, 0.25) is 11.7 Å². The van der Waals surface area contributed by atoms with Gasteiger partial charge >= 0.3 is 0 Å². The van der Waals surface area contributed by atoms with Gasteiger partial charge in [-0.2, -0.15) is 4.98 Å². The minimum absolute atomic E-state index is 0.0377. The van der Waals surface area contributed by atoms with Gasteiger partial charge in [-0.3, -0.25) is 18.7 Å². The molecule has 5 aromatic rings. The molecule has 1 atom stereocenters. The Balaban J connectivity index is 1.49. The molecular formula is C31H32N6O3. The first-order valence-electron chi connectivity index (χ1n) is 13.7. The van der Waals surface area contributed by atoms with Crippen LogP contribution in [0.25, 0.3) is 11.2 Å². The second-order valence-electron chi connectivity index (χ2n) is 10.3. The fourth-order valence-corrected chi connectivity index (χ4v) is 5.41. The molecule has 1 saturated heterocycles. The van der Waals surface area contributed by atoms with Crippen LogP contribution in [0.3, 0.4) is 0 Å². The molecule has 1 aliphatic rings. The second kappa shape index (κ2) is 11.3. The van der Waals surface area contributed by atoms with Gasteiger partial charge < -0.3 is 15.1 Å². The molecule has 0 amide bonds. The summed E-state index contributed by atoms with van der Waals surface area (Å²) in [5, 5.41) is 0. The van der Waals surface area contributed by atoms with E-state index in [0.29, 0.717) is 48.9 Å². The minimum Gasteiger partial charge on any atom is -0.461 e. The van der Waals surface area contributed by atoms with E-state index < -0.39 is 0 Å². The Labute approximate surface area is 231 Å². The molecule has 9 nitrogen and oxygen atoms in total. The third-order valence-electron chi connectivity index (χ3n) is 7.43. The van der Waals surface area contributed by atoms with Crippen molar-refractivity contribution in [2.45, 2.75) is 44.8 Å². The number of aromatic nitrogens is 4. The van der Waals surface area contributed by atoms with Crippen LogP contribution >= 0.6 is 0 Å². The standard InChI is InChI=1S/C31H32N6O3/c32-24-13-7-17-35(20-24)31-34-29-28(37(31)19-23-11-5-2-6-12-23)30(39)36(21-25(38)26-14-8-18-40-26)27(33-29)16-15-22-9-3-1-4-10-22/h1-6,8-12,14,18,24H,7,13,15-17,19-21,32H2. The van der Waals surface area contributed by atoms with E-state index in [-0.39, 0.29) is 29.7 Å². The molecule has 1 fully saturated rings. The van der Waals surface area contributed by atoms with Gasteiger partial charge in [0.25, 0.3) is 5.56 Å². The Morgan fingerprint density at radius 2 is 1.68 bits per heavy atom. The minimum atomic E-state index is -0.288. The predicted molar refractivity (Wildman–Crippen MR) is 154 cm³/mol. The quantitative estimate of drug-likeness (QED) is 0.285. The fraction of sp³-hybridized carbons (Fsp3) is 0.290. The smallest absolute Gasteiger partial charge is 0.280 e. The molecule has 0 spiro atoms. The van der Waals surface area contributed by atoms with E-state index in [1.165, 1.54) is 10.8 Å². The van der Waals surface area contributed by atoms with Gasteiger partial charge in [0.05, 0.1) is 19.4 Å². The highest BCUT2D eigenvalue weighted by Crippen LogP contribution is 2.25. The highest BCUT2D eigenvalue weighted by atomic mass is 16.3. The van der Waals surface area contributed by atoms with Crippen molar-refractivity contribution in [1.82, 2.24) is 19.1 Å². The summed E-state index contributed by atoms with van der Waals surface area (Å²) in [5.74, 6) is 1.13. The van der Waals surface area contributed by atoms with E-state index in [2.05, 4.69) is 4.90 Å². The highest BCUT2D eigenvalue weighted by Gasteiger charge is 2.27. The lowest BCUT2D eigenvalue weighted by Gasteiger charge is -2.31. The first-order valence-corrected chi connectivity index (χ1v) is 13.7. The van der Waals surface area contributed by atoms with Crippen molar-refractivity contribution in [3.8, 4) is 0 Å². The summed E-state index contributed by atoms with van der Waals surface area (Å²) >= 11 is 0. The number of nitrogens with two attached hydrogens (primary N) is 1. The van der Waals surface area contributed by atoms with E-state index >= 15 is 0 Å². The van der Waals surface area contributed by atoms with Crippen molar-refractivity contribution >= 4 is 22.9 Å². The normalized spacial score (nSPS) is 15.5. The summed E-state index contributed by atoms with van der Waals surface area (Å²) < 4.78 is 8.77. The number of carbonyl (C=O) groups excluding carboxylic acids is 1. The molecule has 4 heterocycles. The maximum atomic E-state index is 14.3. The van der Waals surface area contributed by atoms with E-state index in [4.69, 9.17) is 20.1 Å². The van der Waals surface area contributed by atoms with Gasteiger partial charge in [-0.1, -0.05) is 60.7 Å². The number of Topliss-reactive ketones (excluding diaryl/α,β-unsaturated/α-hetero) is 1. The van der Waals surface area contributed by atoms with E-state index in [9.17, 15) is 9.59 Å². The zero-order valence-electron chi connectivity index (χ0n) is 22.3. The second-order valence-corrected chi connectivity index (χ2v) is 10.3. The van der Waals surface area contributed by atoms with Gasteiger partial charge in [-0.05, 0) is 42.5 Å². The summed E-state index contributed by atoms with van der Waals surface area (Å²) in [6.07, 6.45) is 4.52. The molecule has 2 N–H and O–H groups in total. The number of fused-ring (bicyclic) bond motifs is 1. The predicted octanol–water partition coefficient (Wildman–Crippen LogP) is 3.83. The molecule has 0 bridgehead atoms. The van der Waals surface area contributed by atoms with E-state index in [1.54, 1.807) is 12.1 Å². The lowest BCUT2D eigenvalue weighted by molar-refractivity contribution is 0.0942. The number of piperidine rings is 1. The number of hydrogen-bond acceptors (Lipinski definition) is 7. The average Bonchev–Trinajstić information content (AvgIpc) is 3.64. The van der Waals surface area contributed by atoms with Crippen LogP contribution < -0.4 is 16.2 Å². The monoisotopic (exact) mass is 536 g/mol. The lowest BCUT2D eigenvalue weighted by Crippen LogP contribution is -2.44. The zero-order chi connectivity index (χ0) is 27.5. The van der Waals surface area contributed by atoms with Crippen LogP contribution in [-0.4, -0.2) is 44.0 Å². The Hall–Kier alpha value is -4.50. The Bertz CT molecular complexity index is 1660. The largest absolute Gasteiger partial charge is 0.461 e. The molecule has 0 aliphatic carbocycles. The third kappa shape index (κ3) is 5.33. The van der Waals surface area contributed by atoms with Crippen LogP contribution in [0.15, 0.2) is 88.3 Å².